The Bertz CT molecular complexity index is 430. The quantitative estimate of drug-likeness (QED) is 0.815. The second kappa shape index (κ2) is 6.14. The number of carboxylic acid groups (broad SMARTS) is 1. The van der Waals surface area contributed by atoms with Gasteiger partial charge in [-0.3, -0.25) is 4.79 Å². The van der Waals surface area contributed by atoms with Gasteiger partial charge in [0.05, 0.1) is 11.5 Å². The molecule has 108 valence electrons. The molecule has 1 heterocycles. The minimum Gasteiger partial charge on any atom is -0.481 e. The fraction of sp³-hybridized carbons (Fsp3) is 0.769. The van der Waals surface area contributed by atoms with E-state index in [0.29, 0.717) is 18.1 Å². The number of hydrogen-bond donors (Lipinski definition) is 1. The Morgan fingerprint density at radius 1 is 1.47 bits per heavy atom. The predicted octanol–water partition coefficient (Wildman–Crippen LogP) is 1.94. The van der Waals surface area contributed by atoms with Crippen molar-refractivity contribution in [3.63, 3.8) is 0 Å². The van der Waals surface area contributed by atoms with Crippen molar-refractivity contribution in [2.45, 2.75) is 46.6 Å². The van der Waals surface area contributed by atoms with Crippen molar-refractivity contribution < 1.29 is 19.2 Å². The van der Waals surface area contributed by atoms with Gasteiger partial charge in [0.1, 0.15) is 0 Å². The first kappa shape index (κ1) is 15.6. The molecule has 6 heteroatoms. The van der Waals surface area contributed by atoms with Gasteiger partial charge in [-0.05, 0) is 19.8 Å². The van der Waals surface area contributed by atoms with E-state index < -0.39 is 11.4 Å². The van der Waals surface area contributed by atoms with E-state index in [1.165, 1.54) is 0 Å². The van der Waals surface area contributed by atoms with Crippen LogP contribution in [0, 0.1) is 11.3 Å². The number of ether oxygens (including phenoxy) is 1. The Labute approximate surface area is 113 Å². The molecular formula is C13H22N2O4. The van der Waals surface area contributed by atoms with Crippen molar-refractivity contribution in [2.75, 3.05) is 7.11 Å². The number of rotatable bonds is 7. The number of carboxylic acids is 1. The largest absolute Gasteiger partial charge is 0.481 e. The standard InChI is InChI=1S/C13H22N2O4/c1-8(2)13(4,12(16)17)7-11-14-10(15-19-11)6-9(3)18-5/h8-9H,6-7H2,1-5H3,(H,16,17). The van der Waals surface area contributed by atoms with Crippen LogP contribution < -0.4 is 0 Å². The van der Waals surface area contributed by atoms with Gasteiger partial charge in [0.25, 0.3) is 0 Å². The number of aromatic nitrogens is 2. The van der Waals surface area contributed by atoms with E-state index in [2.05, 4.69) is 10.1 Å². The Balaban J connectivity index is 2.79. The Kier molecular flexibility index (Phi) is 5.05. The van der Waals surface area contributed by atoms with Crippen molar-refractivity contribution in [3.8, 4) is 0 Å². The molecule has 0 radical (unpaired) electrons. The fourth-order valence-electron chi connectivity index (χ4n) is 1.63. The van der Waals surface area contributed by atoms with Crippen molar-refractivity contribution in [1.82, 2.24) is 10.1 Å². The van der Waals surface area contributed by atoms with Crippen LogP contribution in [0.25, 0.3) is 0 Å². The first-order valence-corrected chi connectivity index (χ1v) is 6.37. The molecule has 1 aromatic heterocycles. The Hall–Kier alpha value is -1.43. The van der Waals surface area contributed by atoms with Crippen LogP contribution in [-0.4, -0.2) is 34.4 Å². The van der Waals surface area contributed by atoms with E-state index in [1.54, 1.807) is 14.0 Å². The maximum Gasteiger partial charge on any atom is 0.310 e. The molecular weight excluding hydrogens is 248 g/mol. The van der Waals surface area contributed by atoms with Crippen LogP contribution in [-0.2, 0) is 22.4 Å². The van der Waals surface area contributed by atoms with Gasteiger partial charge >= 0.3 is 5.97 Å². The lowest BCUT2D eigenvalue weighted by molar-refractivity contribution is -0.150. The topological polar surface area (TPSA) is 85.5 Å². The number of methoxy groups -OCH3 is 1. The fourth-order valence-corrected chi connectivity index (χ4v) is 1.63. The first-order valence-electron chi connectivity index (χ1n) is 6.37. The highest BCUT2D eigenvalue weighted by Gasteiger charge is 2.38. The molecule has 0 saturated heterocycles. The number of nitrogens with zero attached hydrogens (tertiary/aromatic N) is 2. The molecule has 0 saturated carbocycles. The summed E-state index contributed by atoms with van der Waals surface area (Å²) < 4.78 is 10.3. The molecule has 2 atom stereocenters. The third-order valence-corrected chi connectivity index (χ3v) is 3.66. The van der Waals surface area contributed by atoms with Gasteiger partial charge in [0.15, 0.2) is 5.82 Å². The molecule has 0 spiro atoms. The maximum absolute atomic E-state index is 11.4. The van der Waals surface area contributed by atoms with Crippen LogP contribution in [0.4, 0.5) is 0 Å². The highest BCUT2D eigenvalue weighted by atomic mass is 16.5. The van der Waals surface area contributed by atoms with Crippen LogP contribution in [0.5, 0.6) is 0 Å². The van der Waals surface area contributed by atoms with E-state index in [9.17, 15) is 9.90 Å². The third kappa shape index (κ3) is 3.76. The zero-order valence-electron chi connectivity index (χ0n) is 12.1. The van der Waals surface area contributed by atoms with Gasteiger partial charge in [-0.1, -0.05) is 19.0 Å². The number of hydrogen-bond acceptors (Lipinski definition) is 5. The van der Waals surface area contributed by atoms with E-state index >= 15 is 0 Å². The van der Waals surface area contributed by atoms with Crippen LogP contribution in [0.2, 0.25) is 0 Å². The van der Waals surface area contributed by atoms with Gasteiger partial charge in [-0.25, -0.2) is 0 Å². The van der Waals surface area contributed by atoms with Crippen LogP contribution in [0.15, 0.2) is 4.52 Å². The summed E-state index contributed by atoms with van der Waals surface area (Å²) in [7, 11) is 1.62. The zero-order valence-corrected chi connectivity index (χ0v) is 12.1. The summed E-state index contributed by atoms with van der Waals surface area (Å²) in [5.41, 5.74) is -0.906. The van der Waals surface area contributed by atoms with E-state index in [-0.39, 0.29) is 18.4 Å². The molecule has 6 nitrogen and oxygen atoms in total. The highest BCUT2D eigenvalue weighted by Crippen LogP contribution is 2.31. The van der Waals surface area contributed by atoms with Crippen molar-refractivity contribution in [3.05, 3.63) is 11.7 Å². The summed E-state index contributed by atoms with van der Waals surface area (Å²) in [6, 6.07) is 0. The first-order chi connectivity index (χ1) is 8.79. The average Bonchev–Trinajstić information content (AvgIpc) is 2.75. The van der Waals surface area contributed by atoms with Crippen LogP contribution >= 0.6 is 0 Å². The van der Waals surface area contributed by atoms with Crippen LogP contribution in [0.3, 0.4) is 0 Å². The molecule has 2 unspecified atom stereocenters. The van der Waals surface area contributed by atoms with E-state index in [4.69, 9.17) is 9.26 Å². The minimum atomic E-state index is -0.906. The van der Waals surface area contributed by atoms with Crippen molar-refractivity contribution >= 4 is 5.97 Å². The summed E-state index contributed by atoms with van der Waals surface area (Å²) in [4.78, 5) is 15.6. The molecule has 0 aliphatic rings. The van der Waals surface area contributed by atoms with Gasteiger partial charge in [-0.15, -0.1) is 0 Å². The Morgan fingerprint density at radius 3 is 2.58 bits per heavy atom. The molecule has 1 N–H and O–H groups in total. The Morgan fingerprint density at radius 2 is 2.11 bits per heavy atom. The van der Waals surface area contributed by atoms with Crippen molar-refractivity contribution in [1.29, 1.82) is 0 Å². The van der Waals surface area contributed by atoms with E-state index in [0.717, 1.165) is 0 Å². The molecule has 1 aromatic rings. The van der Waals surface area contributed by atoms with Crippen molar-refractivity contribution in [2.24, 2.45) is 11.3 Å². The average molecular weight is 270 g/mol. The molecule has 1 rings (SSSR count). The molecule has 0 aliphatic carbocycles. The smallest absolute Gasteiger partial charge is 0.310 e. The summed E-state index contributed by atoms with van der Waals surface area (Å²) >= 11 is 0. The van der Waals surface area contributed by atoms with Gasteiger partial charge in [-0.2, -0.15) is 4.98 Å². The summed E-state index contributed by atoms with van der Waals surface area (Å²) in [5, 5.41) is 13.2. The molecule has 0 aromatic carbocycles. The minimum absolute atomic E-state index is 0.00130. The highest BCUT2D eigenvalue weighted by molar-refractivity contribution is 5.74. The lowest BCUT2D eigenvalue weighted by Gasteiger charge is -2.27. The number of aliphatic carboxylic acids is 1. The normalized spacial score (nSPS) is 16.3. The second-order valence-electron chi connectivity index (χ2n) is 5.41. The molecule has 0 aliphatic heterocycles. The lowest BCUT2D eigenvalue weighted by atomic mass is 9.76. The predicted molar refractivity (Wildman–Crippen MR) is 68.8 cm³/mol. The SMILES string of the molecule is COC(C)Cc1noc(CC(C)(C(=O)O)C(C)C)n1. The zero-order chi connectivity index (χ0) is 14.6. The molecule has 19 heavy (non-hydrogen) atoms. The van der Waals surface area contributed by atoms with Crippen LogP contribution in [0.1, 0.15) is 39.4 Å². The third-order valence-electron chi connectivity index (χ3n) is 3.66. The monoisotopic (exact) mass is 270 g/mol. The number of carbonyl (C=O) groups is 1. The van der Waals surface area contributed by atoms with Gasteiger partial charge in [0, 0.05) is 20.0 Å². The van der Waals surface area contributed by atoms with Gasteiger partial charge < -0.3 is 14.4 Å². The summed E-state index contributed by atoms with van der Waals surface area (Å²) in [6.45, 7) is 7.35. The van der Waals surface area contributed by atoms with Gasteiger partial charge in [0.2, 0.25) is 5.89 Å². The second-order valence-corrected chi connectivity index (χ2v) is 5.41. The molecule has 0 amide bonds. The molecule has 0 fully saturated rings. The summed E-state index contributed by atoms with van der Waals surface area (Å²) in [6.07, 6.45) is 0.779. The van der Waals surface area contributed by atoms with E-state index in [1.807, 2.05) is 20.8 Å². The molecule has 0 bridgehead atoms. The lowest BCUT2D eigenvalue weighted by Crippen LogP contribution is -2.35. The maximum atomic E-state index is 11.4. The summed E-state index contributed by atoms with van der Waals surface area (Å²) in [5.74, 6) is 0.0171.